The van der Waals surface area contributed by atoms with Gasteiger partial charge in [0.1, 0.15) is 12.4 Å². The predicted molar refractivity (Wildman–Crippen MR) is 97.7 cm³/mol. The summed E-state index contributed by atoms with van der Waals surface area (Å²) >= 11 is 0. The molecule has 0 aliphatic carbocycles. The molecule has 3 aromatic rings. The van der Waals surface area contributed by atoms with Crippen LogP contribution >= 0.6 is 0 Å². The van der Waals surface area contributed by atoms with Gasteiger partial charge in [0, 0.05) is 0 Å². The average Bonchev–Trinajstić information content (AvgIpc) is 2.66. The van der Waals surface area contributed by atoms with Crippen molar-refractivity contribution in [3.05, 3.63) is 96.1 Å². The molecule has 0 aromatic heterocycles. The fraction of sp³-hybridized carbons (Fsp3) is 0.0909. The van der Waals surface area contributed by atoms with E-state index in [4.69, 9.17) is 4.74 Å². The molecule has 0 aliphatic rings. The lowest BCUT2D eigenvalue weighted by Gasteiger charge is -2.12. The Kier molecular flexibility index (Phi) is 5.12. The van der Waals surface area contributed by atoms with Gasteiger partial charge in [0.15, 0.2) is 0 Å². The molecule has 0 heterocycles. The van der Waals surface area contributed by atoms with Crippen LogP contribution in [0.1, 0.15) is 16.7 Å². The number of hydrogen-bond acceptors (Lipinski definition) is 1. The zero-order valence-electron chi connectivity index (χ0n) is 14.0. The summed E-state index contributed by atoms with van der Waals surface area (Å²) in [5, 5.41) is 0. The molecule has 4 heteroatoms. The molecule has 0 N–H and O–H groups in total. The Morgan fingerprint density at radius 2 is 1.62 bits per heavy atom. The zero-order valence-corrected chi connectivity index (χ0v) is 14.0. The number of rotatable bonds is 5. The van der Waals surface area contributed by atoms with Crippen molar-refractivity contribution in [2.45, 2.75) is 12.8 Å². The first-order chi connectivity index (χ1) is 12.5. The molecule has 0 unspecified atom stereocenters. The summed E-state index contributed by atoms with van der Waals surface area (Å²) in [4.78, 5) is 0. The van der Waals surface area contributed by atoms with Gasteiger partial charge in [-0.1, -0.05) is 55.1 Å². The number of alkyl halides is 3. The molecule has 0 saturated carbocycles. The SMILES string of the molecule is C=Cc1cc(-c2cccc(OCc3ccccc3)c2)cc(C(F)(F)F)c1. The van der Waals surface area contributed by atoms with Crippen molar-refractivity contribution >= 4 is 6.08 Å². The van der Waals surface area contributed by atoms with Crippen LogP contribution in [0, 0.1) is 0 Å². The van der Waals surface area contributed by atoms with Crippen molar-refractivity contribution in [2.24, 2.45) is 0 Å². The largest absolute Gasteiger partial charge is 0.489 e. The van der Waals surface area contributed by atoms with Gasteiger partial charge in [0.2, 0.25) is 0 Å². The molecule has 0 amide bonds. The Balaban J connectivity index is 1.89. The van der Waals surface area contributed by atoms with Gasteiger partial charge in [0.05, 0.1) is 5.56 Å². The first kappa shape index (κ1) is 17.8. The average molecular weight is 354 g/mol. The number of ether oxygens (including phenoxy) is 1. The molecule has 1 nitrogen and oxygen atoms in total. The normalized spacial score (nSPS) is 11.2. The minimum Gasteiger partial charge on any atom is -0.489 e. The smallest absolute Gasteiger partial charge is 0.416 e. The fourth-order valence-corrected chi connectivity index (χ4v) is 2.61. The van der Waals surface area contributed by atoms with Crippen molar-refractivity contribution in [3.8, 4) is 16.9 Å². The molecule has 26 heavy (non-hydrogen) atoms. The minimum absolute atomic E-state index is 0.394. The second kappa shape index (κ2) is 7.48. The first-order valence-corrected chi connectivity index (χ1v) is 8.07. The lowest BCUT2D eigenvalue weighted by atomic mass is 9.99. The van der Waals surface area contributed by atoms with Crippen molar-refractivity contribution in [2.75, 3.05) is 0 Å². The van der Waals surface area contributed by atoms with E-state index in [9.17, 15) is 13.2 Å². The number of halogens is 3. The van der Waals surface area contributed by atoms with Gasteiger partial charge in [-0.2, -0.15) is 13.2 Å². The van der Waals surface area contributed by atoms with E-state index >= 15 is 0 Å². The maximum Gasteiger partial charge on any atom is 0.416 e. The fourth-order valence-electron chi connectivity index (χ4n) is 2.61. The summed E-state index contributed by atoms with van der Waals surface area (Å²) in [5.74, 6) is 0.601. The number of hydrogen-bond donors (Lipinski definition) is 0. The Labute approximate surface area is 150 Å². The summed E-state index contributed by atoms with van der Waals surface area (Å²) in [5.41, 5.74) is 1.88. The van der Waals surface area contributed by atoms with Gasteiger partial charge >= 0.3 is 6.18 Å². The zero-order chi connectivity index (χ0) is 18.6. The molecule has 0 atom stereocenters. The Morgan fingerprint density at radius 1 is 0.846 bits per heavy atom. The summed E-state index contributed by atoms with van der Waals surface area (Å²) in [6.07, 6.45) is -3.00. The van der Waals surface area contributed by atoms with Crippen LogP contribution in [-0.4, -0.2) is 0 Å². The standard InChI is InChI=1S/C22H17F3O/c1-2-16-11-19(13-20(12-16)22(23,24)25)18-9-6-10-21(14-18)26-15-17-7-4-3-5-8-17/h2-14H,1,15H2. The van der Waals surface area contributed by atoms with Gasteiger partial charge in [0.25, 0.3) is 0 Å². The van der Waals surface area contributed by atoms with E-state index in [1.807, 2.05) is 30.3 Å². The van der Waals surface area contributed by atoms with E-state index in [1.54, 1.807) is 30.3 Å². The monoisotopic (exact) mass is 354 g/mol. The summed E-state index contributed by atoms with van der Waals surface area (Å²) in [6, 6.07) is 20.6. The highest BCUT2D eigenvalue weighted by atomic mass is 19.4. The van der Waals surface area contributed by atoms with Crippen molar-refractivity contribution in [3.63, 3.8) is 0 Å². The second-order valence-electron chi connectivity index (χ2n) is 5.85. The Bertz CT molecular complexity index is 899. The van der Waals surface area contributed by atoms with Gasteiger partial charge < -0.3 is 4.74 Å². The van der Waals surface area contributed by atoms with Crippen LogP contribution in [-0.2, 0) is 12.8 Å². The van der Waals surface area contributed by atoms with E-state index in [0.29, 0.717) is 29.0 Å². The molecule has 0 radical (unpaired) electrons. The molecular formula is C22H17F3O. The third kappa shape index (κ3) is 4.33. The van der Waals surface area contributed by atoms with Gasteiger partial charge in [-0.15, -0.1) is 0 Å². The van der Waals surface area contributed by atoms with Crippen LogP contribution in [0.4, 0.5) is 13.2 Å². The highest BCUT2D eigenvalue weighted by Gasteiger charge is 2.31. The van der Waals surface area contributed by atoms with Crippen LogP contribution in [0.2, 0.25) is 0 Å². The molecule has 0 fully saturated rings. The molecule has 3 rings (SSSR count). The predicted octanol–water partition coefficient (Wildman–Crippen LogP) is 6.59. The lowest BCUT2D eigenvalue weighted by Crippen LogP contribution is -2.05. The Morgan fingerprint density at radius 3 is 2.31 bits per heavy atom. The van der Waals surface area contributed by atoms with Gasteiger partial charge in [-0.05, 0) is 52.6 Å². The Hall–Kier alpha value is -3.01. The first-order valence-electron chi connectivity index (χ1n) is 8.07. The van der Waals surface area contributed by atoms with Crippen LogP contribution in [0.15, 0.2) is 79.4 Å². The molecule has 0 bridgehead atoms. The highest BCUT2D eigenvalue weighted by molar-refractivity contribution is 5.69. The molecule has 0 saturated heterocycles. The summed E-state index contributed by atoms with van der Waals surface area (Å²) in [6.45, 7) is 3.97. The van der Waals surface area contributed by atoms with Crippen molar-refractivity contribution < 1.29 is 17.9 Å². The van der Waals surface area contributed by atoms with Crippen molar-refractivity contribution in [1.29, 1.82) is 0 Å². The molecule has 0 spiro atoms. The van der Waals surface area contributed by atoms with E-state index in [-0.39, 0.29) is 0 Å². The maximum absolute atomic E-state index is 13.1. The highest BCUT2D eigenvalue weighted by Crippen LogP contribution is 2.34. The number of benzene rings is 3. The van der Waals surface area contributed by atoms with Crippen LogP contribution in [0.5, 0.6) is 5.75 Å². The van der Waals surface area contributed by atoms with E-state index in [2.05, 4.69) is 6.58 Å². The van der Waals surface area contributed by atoms with E-state index in [0.717, 1.165) is 17.7 Å². The summed E-state index contributed by atoms with van der Waals surface area (Å²) < 4.78 is 45.2. The third-order valence-electron chi connectivity index (χ3n) is 3.93. The minimum atomic E-state index is -4.41. The second-order valence-corrected chi connectivity index (χ2v) is 5.85. The molecular weight excluding hydrogens is 337 g/mol. The van der Waals surface area contributed by atoms with Gasteiger partial charge in [-0.3, -0.25) is 0 Å². The van der Waals surface area contributed by atoms with Crippen LogP contribution in [0.25, 0.3) is 17.2 Å². The van der Waals surface area contributed by atoms with Crippen LogP contribution in [0.3, 0.4) is 0 Å². The van der Waals surface area contributed by atoms with E-state index < -0.39 is 11.7 Å². The maximum atomic E-state index is 13.1. The molecule has 3 aromatic carbocycles. The van der Waals surface area contributed by atoms with Crippen molar-refractivity contribution in [1.82, 2.24) is 0 Å². The lowest BCUT2D eigenvalue weighted by molar-refractivity contribution is -0.137. The topological polar surface area (TPSA) is 9.23 Å². The summed E-state index contributed by atoms with van der Waals surface area (Å²) in [7, 11) is 0. The molecule has 132 valence electrons. The third-order valence-corrected chi connectivity index (χ3v) is 3.93. The molecule has 0 aliphatic heterocycles. The van der Waals surface area contributed by atoms with Gasteiger partial charge in [-0.25, -0.2) is 0 Å². The quantitative estimate of drug-likeness (QED) is 0.502. The van der Waals surface area contributed by atoms with E-state index in [1.165, 1.54) is 6.08 Å². The van der Waals surface area contributed by atoms with Crippen LogP contribution < -0.4 is 4.74 Å².